The summed E-state index contributed by atoms with van der Waals surface area (Å²) in [6, 6.07) is 6.26. The minimum absolute atomic E-state index is 0.0735. The molecule has 1 atom stereocenters. The van der Waals surface area contributed by atoms with Gasteiger partial charge in [-0.1, -0.05) is 49.7 Å². The zero-order chi connectivity index (χ0) is 14.9. The second-order valence-electron chi connectivity index (χ2n) is 6.97. The summed E-state index contributed by atoms with van der Waals surface area (Å²) < 4.78 is 7.53. The molecule has 0 saturated heterocycles. The lowest BCUT2D eigenvalue weighted by molar-refractivity contribution is -0.00166. The van der Waals surface area contributed by atoms with Gasteiger partial charge in [0, 0.05) is 22.5 Å². The Morgan fingerprint density at radius 3 is 2.40 bits per heavy atom. The van der Waals surface area contributed by atoms with Gasteiger partial charge in [0.15, 0.2) is 0 Å². The minimum atomic E-state index is -0.116. The van der Waals surface area contributed by atoms with Crippen LogP contribution in [0, 0.1) is 11.8 Å². The first-order chi connectivity index (χ1) is 9.31. The predicted molar refractivity (Wildman–Crippen MR) is 88.0 cm³/mol. The van der Waals surface area contributed by atoms with Gasteiger partial charge in [-0.25, -0.2) is 0 Å². The van der Waals surface area contributed by atoms with Crippen LogP contribution < -0.4 is 10.5 Å². The van der Waals surface area contributed by atoms with E-state index in [2.05, 4.69) is 55.8 Å². The Balaban J connectivity index is 2.36. The topological polar surface area (TPSA) is 35.2 Å². The maximum absolute atomic E-state index is 6.48. The van der Waals surface area contributed by atoms with Gasteiger partial charge >= 0.3 is 0 Å². The number of hydrogen-bond donors (Lipinski definition) is 1. The molecule has 3 heteroatoms. The molecule has 1 aromatic rings. The van der Waals surface area contributed by atoms with E-state index in [0.29, 0.717) is 11.8 Å². The predicted octanol–water partition coefficient (Wildman–Crippen LogP) is 5.06. The number of nitrogens with two attached hydrogens (primary N) is 1. The fraction of sp³-hybridized carbons (Fsp3) is 0.647. The van der Waals surface area contributed by atoms with Crippen molar-refractivity contribution < 1.29 is 4.74 Å². The van der Waals surface area contributed by atoms with Crippen LogP contribution in [0.25, 0.3) is 0 Å². The standard InChI is InChI=1S/C17H26BrNO/c1-11(2)8-17(9-12(3)4)10-15(19)14-6-5-13(18)7-16(14)20-17/h5-7,11-12,15H,8-10,19H2,1-4H3/t15-/m0/s1. The molecule has 0 aliphatic carbocycles. The molecule has 20 heavy (non-hydrogen) atoms. The number of ether oxygens (including phenoxy) is 1. The van der Waals surface area contributed by atoms with Crippen molar-refractivity contribution in [2.75, 3.05) is 0 Å². The number of benzene rings is 1. The van der Waals surface area contributed by atoms with Crippen molar-refractivity contribution in [1.29, 1.82) is 0 Å². The Morgan fingerprint density at radius 2 is 1.85 bits per heavy atom. The van der Waals surface area contributed by atoms with Crippen LogP contribution in [-0.4, -0.2) is 5.60 Å². The van der Waals surface area contributed by atoms with E-state index >= 15 is 0 Å². The highest BCUT2D eigenvalue weighted by Gasteiger charge is 2.40. The number of fused-ring (bicyclic) bond motifs is 1. The first-order valence-corrected chi connectivity index (χ1v) is 8.35. The average Bonchev–Trinajstić information content (AvgIpc) is 2.25. The van der Waals surface area contributed by atoms with E-state index < -0.39 is 0 Å². The zero-order valence-electron chi connectivity index (χ0n) is 12.9. The highest BCUT2D eigenvalue weighted by molar-refractivity contribution is 9.10. The second kappa shape index (κ2) is 6.07. The van der Waals surface area contributed by atoms with Crippen LogP contribution in [0.1, 0.15) is 58.6 Å². The number of halogens is 1. The Hall–Kier alpha value is -0.540. The fourth-order valence-electron chi connectivity index (χ4n) is 3.51. The minimum Gasteiger partial charge on any atom is -0.487 e. The summed E-state index contributed by atoms with van der Waals surface area (Å²) in [5, 5.41) is 0. The Morgan fingerprint density at radius 1 is 1.25 bits per heavy atom. The lowest BCUT2D eigenvalue weighted by Crippen LogP contribution is -2.45. The zero-order valence-corrected chi connectivity index (χ0v) is 14.5. The van der Waals surface area contributed by atoms with E-state index in [1.165, 1.54) is 0 Å². The second-order valence-corrected chi connectivity index (χ2v) is 7.89. The maximum atomic E-state index is 6.48. The monoisotopic (exact) mass is 339 g/mol. The highest BCUT2D eigenvalue weighted by atomic mass is 79.9. The van der Waals surface area contributed by atoms with E-state index in [4.69, 9.17) is 10.5 Å². The van der Waals surface area contributed by atoms with Crippen LogP contribution >= 0.6 is 15.9 Å². The molecular formula is C17H26BrNO. The molecule has 112 valence electrons. The lowest BCUT2D eigenvalue weighted by Gasteiger charge is -2.43. The third-order valence-corrected chi connectivity index (χ3v) is 4.35. The summed E-state index contributed by atoms with van der Waals surface area (Å²) in [6.07, 6.45) is 3.04. The Bertz CT molecular complexity index is 460. The fourth-order valence-corrected chi connectivity index (χ4v) is 3.85. The van der Waals surface area contributed by atoms with Gasteiger partial charge in [0.05, 0.1) is 0 Å². The first-order valence-electron chi connectivity index (χ1n) is 7.55. The van der Waals surface area contributed by atoms with Crippen molar-refractivity contribution in [3.8, 4) is 5.75 Å². The smallest absolute Gasteiger partial charge is 0.126 e. The molecule has 0 fully saturated rings. The number of hydrogen-bond acceptors (Lipinski definition) is 2. The molecule has 2 N–H and O–H groups in total. The van der Waals surface area contributed by atoms with Crippen molar-refractivity contribution in [3.05, 3.63) is 28.2 Å². The average molecular weight is 340 g/mol. The van der Waals surface area contributed by atoms with E-state index in [1.807, 2.05) is 6.07 Å². The third kappa shape index (κ3) is 3.56. The highest BCUT2D eigenvalue weighted by Crippen LogP contribution is 2.45. The van der Waals surface area contributed by atoms with Crippen molar-refractivity contribution in [3.63, 3.8) is 0 Å². The van der Waals surface area contributed by atoms with Crippen LogP contribution in [-0.2, 0) is 0 Å². The summed E-state index contributed by atoms with van der Waals surface area (Å²) in [6.45, 7) is 9.03. The molecule has 1 heterocycles. The molecular weight excluding hydrogens is 314 g/mol. The van der Waals surface area contributed by atoms with Crippen molar-refractivity contribution >= 4 is 15.9 Å². The molecule has 0 radical (unpaired) electrons. The SMILES string of the molecule is CC(C)CC1(CC(C)C)C[C@H](N)c2ccc(Br)cc2O1. The van der Waals surface area contributed by atoms with Crippen molar-refractivity contribution in [2.45, 2.75) is 58.6 Å². The quantitative estimate of drug-likeness (QED) is 0.831. The molecule has 0 bridgehead atoms. The summed E-state index contributed by atoms with van der Waals surface area (Å²) in [4.78, 5) is 0. The molecule has 0 aromatic heterocycles. The molecule has 2 nitrogen and oxygen atoms in total. The van der Waals surface area contributed by atoms with Crippen LogP contribution in [0.15, 0.2) is 22.7 Å². The van der Waals surface area contributed by atoms with E-state index in [-0.39, 0.29) is 11.6 Å². The van der Waals surface area contributed by atoms with Gasteiger partial charge in [0.2, 0.25) is 0 Å². The summed E-state index contributed by atoms with van der Waals surface area (Å²) in [5.41, 5.74) is 7.45. The van der Waals surface area contributed by atoms with Gasteiger partial charge in [-0.3, -0.25) is 0 Å². The summed E-state index contributed by atoms with van der Waals surface area (Å²) in [5.74, 6) is 2.17. The van der Waals surface area contributed by atoms with E-state index in [0.717, 1.165) is 35.0 Å². The molecule has 1 aliphatic heterocycles. The van der Waals surface area contributed by atoms with Crippen LogP contribution in [0.3, 0.4) is 0 Å². The molecule has 0 saturated carbocycles. The van der Waals surface area contributed by atoms with Gasteiger partial charge in [0.1, 0.15) is 11.4 Å². The maximum Gasteiger partial charge on any atom is 0.126 e. The van der Waals surface area contributed by atoms with Gasteiger partial charge < -0.3 is 10.5 Å². The lowest BCUT2D eigenvalue weighted by atomic mass is 9.77. The Labute approximate surface area is 131 Å². The molecule has 1 aliphatic rings. The van der Waals surface area contributed by atoms with Gasteiger partial charge in [0.25, 0.3) is 0 Å². The summed E-state index contributed by atoms with van der Waals surface area (Å²) in [7, 11) is 0. The van der Waals surface area contributed by atoms with E-state index in [9.17, 15) is 0 Å². The van der Waals surface area contributed by atoms with Gasteiger partial charge in [-0.15, -0.1) is 0 Å². The van der Waals surface area contributed by atoms with Crippen LogP contribution in [0.2, 0.25) is 0 Å². The first kappa shape index (κ1) is 15.8. The third-order valence-electron chi connectivity index (χ3n) is 3.85. The molecule has 2 rings (SSSR count). The largest absolute Gasteiger partial charge is 0.487 e. The molecule has 0 unspecified atom stereocenters. The number of rotatable bonds is 4. The molecule has 0 spiro atoms. The van der Waals surface area contributed by atoms with Gasteiger partial charge in [-0.05, 0) is 36.8 Å². The van der Waals surface area contributed by atoms with Gasteiger partial charge in [-0.2, -0.15) is 0 Å². The molecule has 1 aromatic carbocycles. The van der Waals surface area contributed by atoms with E-state index in [1.54, 1.807) is 0 Å². The van der Waals surface area contributed by atoms with Crippen molar-refractivity contribution in [2.24, 2.45) is 17.6 Å². The van der Waals surface area contributed by atoms with Crippen molar-refractivity contribution in [1.82, 2.24) is 0 Å². The van der Waals surface area contributed by atoms with Crippen LogP contribution in [0.4, 0.5) is 0 Å². The normalized spacial score (nSPS) is 20.9. The summed E-state index contributed by atoms with van der Waals surface area (Å²) >= 11 is 3.53. The Kier molecular flexibility index (Phi) is 4.80. The van der Waals surface area contributed by atoms with Crippen LogP contribution in [0.5, 0.6) is 5.75 Å². The molecule has 0 amide bonds.